The average Bonchev–Trinajstić information content (AvgIpc) is 3.39. The van der Waals surface area contributed by atoms with Gasteiger partial charge in [-0.3, -0.25) is 0 Å². The van der Waals surface area contributed by atoms with Crippen molar-refractivity contribution in [3.05, 3.63) is 46.6 Å². The molecule has 0 atom stereocenters. The molecule has 1 aromatic heterocycles. The monoisotopic (exact) mass is 315 g/mol. The predicted octanol–water partition coefficient (Wildman–Crippen LogP) is 2.06. The Morgan fingerprint density at radius 3 is 2.57 bits per heavy atom. The summed E-state index contributed by atoms with van der Waals surface area (Å²) < 4.78 is 14.4. The lowest BCUT2D eigenvalue weighted by atomic mass is 10.3. The van der Waals surface area contributed by atoms with Gasteiger partial charge in [0, 0.05) is 12.3 Å². The average molecular weight is 315 g/mol. The van der Waals surface area contributed by atoms with Crippen LogP contribution in [0.5, 0.6) is 0 Å². The van der Waals surface area contributed by atoms with Gasteiger partial charge in [0.1, 0.15) is 5.82 Å². The molecule has 0 unspecified atom stereocenters. The van der Waals surface area contributed by atoms with Gasteiger partial charge in [0.15, 0.2) is 6.29 Å². The lowest BCUT2D eigenvalue weighted by Gasteiger charge is -2.22. The Labute approximate surface area is 134 Å². The second-order valence-electron chi connectivity index (χ2n) is 6.12. The van der Waals surface area contributed by atoms with E-state index in [1.54, 1.807) is 9.25 Å². The van der Waals surface area contributed by atoms with E-state index in [4.69, 9.17) is 9.47 Å². The summed E-state index contributed by atoms with van der Waals surface area (Å²) >= 11 is 0. The van der Waals surface area contributed by atoms with E-state index in [0.717, 1.165) is 44.0 Å². The van der Waals surface area contributed by atoms with E-state index < -0.39 is 0 Å². The maximum atomic E-state index is 12.8. The highest BCUT2D eigenvalue weighted by molar-refractivity contribution is 5.33. The van der Waals surface area contributed by atoms with Crippen LogP contribution in [-0.4, -0.2) is 33.9 Å². The summed E-state index contributed by atoms with van der Waals surface area (Å²) in [6.07, 6.45) is 3.58. The molecule has 6 nitrogen and oxygen atoms in total. The molecule has 1 saturated carbocycles. The van der Waals surface area contributed by atoms with Crippen molar-refractivity contribution in [2.24, 2.45) is 0 Å². The first-order valence-corrected chi connectivity index (χ1v) is 8.31. The van der Waals surface area contributed by atoms with Gasteiger partial charge >= 0.3 is 5.69 Å². The third kappa shape index (κ3) is 3.09. The van der Waals surface area contributed by atoms with Crippen LogP contribution in [-0.2, 0) is 16.0 Å². The standard InChI is InChI=1S/C17H21N3O3/c21-17-19(10-9-15-22-11-4-12-23-15)18-16(13-7-8-13)20(17)14-5-2-1-3-6-14/h1-3,5-6,13,15H,4,7-12H2. The first-order valence-electron chi connectivity index (χ1n) is 8.31. The molecule has 2 aliphatic rings. The van der Waals surface area contributed by atoms with Crippen molar-refractivity contribution in [3.63, 3.8) is 0 Å². The van der Waals surface area contributed by atoms with Gasteiger partial charge in [0.25, 0.3) is 0 Å². The van der Waals surface area contributed by atoms with Gasteiger partial charge in [-0.15, -0.1) is 0 Å². The predicted molar refractivity (Wildman–Crippen MR) is 84.7 cm³/mol. The summed E-state index contributed by atoms with van der Waals surface area (Å²) in [5.74, 6) is 1.29. The highest BCUT2D eigenvalue weighted by atomic mass is 16.7. The molecule has 2 fully saturated rings. The Morgan fingerprint density at radius 2 is 1.87 bits per heavy atom. The molecule has 122 valence electrons. The number of nitrogens with zero attached hydrogens (tertiary/aromatic N) is 3. The molecule has 1 aromatic carbocycles. The van der Waals surface area contributed by atoms with E-state index >= 15 is 0 Å². The van der Waals surface area contributed by atoms with Crippen LogP contribution in [0.2, 0.25) is 0 Å². The number of hydrogen-bond donors (Lipinski definition) is 0. The zero-order valence-corrected chi connectivity index (χ0v) is 13.1. The molecular weight excluding hydrogens is 294 g/mol. The normalized spacial score (nSPS) is 19.1. The number of para-hydroxylation sites is 1. The molecule has 0 radical (unpaired) electrons. The second kappa shape index (κ2) is 6.29. The quantitative estimate of drug-likeness (QED) is 0.847. The number of benzene rings is 1. The second-order valence-corrected chi connectivity index (χ2v) is 6.12. The topological polar surface area (TPSA) is 58.3 Å². The molecule has 1 aliphatic heterocycles. The minimum absolute atomic E-state index is 0.0751. The number of aryl methyl sites for hydroxylation is 1. The molecule has 0 amide bonds. The fourth-order valence-electron chi connectivity index (χ4n) is 2.93. The molecule has 0 spiro atoms. The Morgan fingerprint density at radius 1 is 1.13 bits per heavy atom. The van der Waals surface area contributed by atoms with Crippen molar-refractivity contribution < 1.29 is 9.47 Å². The fourth-order valence-corrected chi connectivity index (χ4v) is 2.93. The fraction of sp³-hybridized carbons (Fsp3) is 0.529. The van der Waals surface area contributed by atoms with Crippen molar-refractivity contribution >= 4 is 0 Å². The SMILES string of the molecule is O=c1n(CCC2OCCCO2)nc(C2CC2)n1-c1ccccc1. The van der Waals surface area contributed by atoms with Gasteiger partial charge in [0.2, 0.25) is 0 Å². The molecule has 1 aliphatic carbocycles. The molecule has 0 N–H and O–H groups in total. The van der Waals surface area contributed by atoms with Crippen LogP contribution in [0.3, 0.4) is 0 Å². The Kier molecular flexibility index (Phi) is 4.01. The smallest absolute Gasteiger partial charge is 0.350 e. The lowest BCUT2D eigenvalue weighted by Crippen LogP contribution is -2.29. The molecule has 23 heavy (non-hydrogen) atoms. The summed E-state index contributed by atoms with van der Waals surface area (Å²) in [4.78, 5) is 12.8. The maximum Gasteiger partial charge on any atom is 0.350 e. The minimum atomic E-state index is -0.220. The van der Waals surface area contributed by atoms with Crippen molar-refractivity contribution in [1.29, 1.82) is 0 Å². The van der Waals surface area contributed by atoms with Gasteiger partial charge in [0.05, 0.1) is 25.4 Å². The van der Waals surface area contributed by atoms with Crippen LogP contribution in [0.4, 0.5) is 0 Å². The summed E-state index contributed by atoms with van der Waals surface area (Å²) in [6, 6.07) is 9.74. The van der Waals surface area contributed by atoms with Gasteiger partial charge < -0.3 is 9.47 Å². The van der Waals surface area contributed by atoms with Crippen molar-refractivity contribution in [2.45, 2.75) is 44.4 Å². The molecule has 0 bridgehead atoms. The molecule has 6 heteroatoms. The van der Waals surface area contributed by atoms with E-state index in [9.17, 15) is 4.79 Å². The van der Waals surface area contributed by atoms with Crippen LogP contribution in [0, 0.1) is 0 Å². The molecule has 2 heterocycles. The van der Waals surface area contributed by atoms with Crippen molar-refractivity contribution in [3.8, 4) is 5.69 Å². The molecular formula is C17H21N3O3. The number of rotatable bonds is 5. The summed E-state index contributed by atoms with van der Waals surface area (Å²) in [7, 11) is 0. The number of ether oxygens (including phenoxy) is 2. The van der Waals surface area contributed by atoms with E-state index in [1.165, 1.54) is 0 Å². The van der Waals surface area contributed by atoms with Crippen LogP contribution >= 0.6 is 0 Å². The van der Waals surface area contributed by atoms with Gasteiger partial charge in [-0.2, -0.15) is 5.10 Å². The zero-order chi connectivity index (χ0) is 15.6. The molecule has 4 rings (SSSR count). The highest BCUT2D eigenvalue weighted by Crippen LogP contribution is 2.39. The first kappa shape index (κ1) is 14.7. The van der Waals surface area contributed by atoms with Crippen molar-refractivity contribution in [2.75, 3.05) is 13.2 Å². The van der Waals surface area contributed by atoms with Gasteiger partial charge in [-0.05, 0) is 31.4 Å². The van der Waals surface area contributed by atoms with Crippen LogP contribution in [0.25, 0.3) is 5.69 Å². The Bertz CT molecular complexity index is 712. The van der Waals surface area contributed by atoms with Crippen molar-refractivity contribution in [1.82, 2.24) is 14.3 Å². The third-order valence-corrected chi connectivity index (χ3v) is 4.29. The summed E-state index contributed by atoms with van der Waals surface area (Å²) in [6.45, 7) is 1.97. The third-order valence-electron chi connectivity index (χ3n) is 4.29. The van der Waals surface area contributed by atoms with Gasteiger partial charge in [-0.1, -0.05) is 18.2 Å². The minimum Gasteiger partial charge on any atom is -0.353 e. The van der Waals surface area contributed by atoms with E-state index in [-0.39, 0.29) is 12.0 Å². The van der Waals surface area contributed by atoms with Gasteiger partial charge in [-0.25, -0.2) is 14.0 Å². The number of aromatic nitrogens is 3. The highest BCUT2D eigenvalue weighted by Gasteiger charge is 2.31. The largest absolute Gasteiger partial charge is 0.353 e. The Hall–Kier alpha value is -1.92. The van der Waals surface area contributed by atoms with E-state index in [2.05, 4.69) is 5.10 Å². The van der Waals surface area contributed by atoms with Crippen LogP contribution < -0.4 is 5.69 Å². The Balaban J connectivity index is 1.59. The lowest BCUT2D eigenvalue weighted by molar-refractivity contribution is -0.182. The summed E-state index contributed by atoms with van der Waals surface area (Å²) in [5.41, 5.74) is 0.810. The zero-order valence-electron chi connectivity index (χ0n) is 13.1. The number of hydrogen-bond acceptors (Lipinski definition) is 4. The summed E-state index contributed by atoms with van der Waals surface area (Å²) in [5, 5.41) is 4.59. The van der Waals surface area contributed by atoms with Crippen LogP contribution in [0.15, 0.2) is 35.1 Å². The molecule has 1 saturated heterocycles. The maximum absolute atomic E-state index is 12.8. The molecule has 2 aromatic rings. The van der Waals surface area contributed by atoms with E-state index in [1.807, 2.05) is 30.3 Å². The first-order chi connectivity index (χ1) is 11.3. The van der Waals surface area contributed by atoms with Crippen LogP contribution in [0.1, 0.15) is 37.4 Å². The van der Waals surface area contributed by atoms with E-state index in [0.29, 0.717) is 18.9 Å².